The molecule has 0 unspecified atom stereocenters. The zero-order valence-corrected chi connectivity index (χ0v) is 9.10. The lowest BCUT2D eigenvalue weighted by atomic mass is 10.2. The third kappa shape index (κ3) is 2.91. The van der Waals surface area contributed by atoms with Crippen LogP contribution in [0.15, 0.2) is 18.2 Å². The molecule has 0 radical (unpaired) electrons. The molecule has 1 aliphatic heterocycles. The van der Waals surface area contributed by atoms with Crippen molar-refractivity contribution in [3.63, 3.8) is 0 Å². The van der Waals surface area contributed by atoms with Crippen LogP contribution in [0.1, 0.15) is 12.8 Å². The number of nitrogens with zero attached hydrogens (tertiary/aromatic N) is 1. The fraction of sp³-hybridized carbons (Fsp3) is 0.455. The van der Waals surface area contributed by atoms with Crippen molar-refractivity contribution in [3.05, 3.63) is 34.1 Å². The molecule has 1 aromatic rings. The van der Waals surface area contributed by atoms with E-state index in [1.165, 1.54) is 6.07 Å². The van der Waals surface area contributed by atoms with Crippen LogP contribution in [0, 0.1) is 15.9 Å². The van der Waals surface area contributed by atoms with E-state index in [1.807, 2.05) is 0 Å². The lowest BCUT2D eigenvalue weighted by Crippen LogP contribution is -2.16. The van der Waals surface area contributed by atoms with Crippen LogP contribution in [-0.4, -0.2) is 24.2 Å². The Bertz CT molecular complexity index is 418. The molecule has 1 aromatic carbocycles. The lowest BCUT2D eigenvalue weighted by Gasteiger charge is -2.11. The number of nitro groups is 1. The molecule has 17 heavy (non-hydrogen) atoms. The minimum atomic E-state index is -0.659. The zero-order chi connectivity index (χ0) is 12.3. The van der Waals surface area contributed by atoms with Crippen LogP contribution < -0.4 is 4.74 Å². The van der Waals surface area contributed by atoms with Gasteiger partial charge in [-0.25, -0.2) is 4.39 Å². The molecule has 0 aromatic heterocycles. The van der Waals surface area contributed by atoms with E-state index in [9.17, 15) is 14.5 Å². The summed E-state index contributed by atoms with van der Waals surface area (Å²) in [6, 6.07) is 3.26. The van der Waals surface area contributed by atoms with E-state index in [0.29, 0.717) is 6.61 Å². The predicted molar refractivity (Wildman–Crippen MR) is 57.5 cm³/mol. The van der Waals surface area contributed by atoms with Crippen molar-refractivity contribution in [1.82, 2.24) is 0 Å². The summed E-state index contributed by atoms with van der Waals surface area (Å²) in [5, 5.41) is 10.7. The monoisotopic (exact) mass is 241 g/mol. The van der Waals surface area contributed by atoms with Crippen LogP contribution in [0.5, 0.6) is 5.75 Å². The summed E-state index contributed by atoms with van der Waals surface area (Å²) in [6.45, 7) is 0.950. The third-order valence-electron chi connectivity index (χ3n) is 2.57. The topological polar surface area (TPSA) is 61.6 Å². The Kier molecular flexibility index (Phi) is 3.53. The van der Waals surface area contributed by atoms with Crippen LogP contribution in [0.25, 0.3) is 0 Å². The highest BCUT2D eigenvalue weighted by atomic mass is 19.1. The predicted octanol–water partition coefficient (Wildman–Crippen LogP) is 2.29. The normalized spacial score (nSPS) is 19.2. The van der Waals surface area contributed by atoms with Gasteiger partial charge in [0.15, 0.2) is 5.75 Å². The molecular weight excluding hydrogens is 229 g/mol. The smallest absolute Gasteiger partial charge is 0.313 e. The Morgan fingerprint density at radius 3 is 3.06 bits per heavy atom. The lowest BCUT2D eigenvalue weighted by molar-refractivity contribution is -0.386. The van der Waals surface area contributed by atoms with E-state index >= 15 is 0 Å². The van der Waals surface area contributed by atoms with E-state index in [1.54, 1.807) is 0 Å². The molecule has 1 aliphatic rings. The summed E-state index contributed by atoms with van der Waals surface area (Å²) in [5.41, 5.74) is -0.358. The van der Waals surface area contributed by atoms with Crippen molar-refractivity contribution >= 4 is 5.69 Å². The maximum Gasteiger partial charge on any atom is 0.313 e. The summed E-state index contributed by atoms with van der Waals surface area (Å²) >= 11 is 0. The summed E-state index contributed by atoms with van der Waals surface area (Å²) in [5.74, 6) is -0.576. The van der Waals surface area contributed by atoms with Crippen molar-refractivity contribution < 1.29 is 18.8 Å². The van der Waals surface area contributed by atoms with Gasteiger partial charge in [-0.15, -0.1) is 0 Å². The molecule has 0 saturated carbocycles. The van der Waals surface area contributed by atoms with Gasteiger partial charge in [0.25, 0.3) is 0 Å². The Morgan fingerprint density at radius 2 is 2.41 bits per heavy atom. The number of hydrogen-bond acceptors (Lipinski definition) is 4. The van der Waals surface area contributed by atoms with E-state index in [-0.39, 0.29) is 24.1 Å². The first kappa shape index (κ1) is 11.8. The van der Waals surface area contributed by atoms with Gasteiger partial charge in [-0.1, -0.05) is 0 Å². The molecule has 2 rings (SSSR count). The first-order valence-electron chi connectivity index (χ1n) is 5.35. The number of halogens is 1. The van der Waals surface area contributed by atoms with Crippen LogP contribution in [-0.2, 0) is 4.74 Å². The molecule has 1 heterocycles. The van der Waals surface area contributed by atoms with E-state index in [4.69, 9.17) is 9.47 Å². The Labute approximate surface area is 97.3 Å². The number of ether oxygens (including phenoxy) is 2. The van der Waals surface area contributed by atoms with Crippen LogP contribution in [0.2, 0.25) is 0 Å². The number of benzene rings is 1. The molecule has 0 bridgehead atoms. The van der Waals surface area contributed by atoms with Gasteiger partial charge in [-0.2, -0.15) is 0 Å². The highest BCUT2D eigenvalue weighted by Gasteiger charge is 2.20. The van der Waals surface area contributed by atoms with Crippen molar-refractivity contribution in [2.45, 2.75) is 18.9 Å². The van der Waals surface area contributed by atoms with Crippen molar-refractivity contribution in [1.29, 1.82) is 0 Å². The number of hydrogen-bond donors (Lipinski definition) is 0. The first-order valence-corrected chi connectivity index (χ1v) is 5.35. The highest BCUT2D eigenvalue weighted by molar-refractivity contribution is 5.46. The zero-order valence-electron chi connectivity index (χ0n) is 9.10. The summed E-state index contributed by atoms with van der Waals surface area (Å²) < 4.78 is 23.5. The summed E-state index contributed by atoms with van der Waals surface area (Å²) in [4.78, 5) is 10.0. The van der Waals surface area contributed by atoms with Gasteiger partial charge < -0.3 is 9.47 Å². The molecule has 6 heteroatoms. The van der Waals surface area contributed by atoms with Gasteiger partial charge >= 0.3 is 5.69 Å². The molecule has 1 fully saturated rings. The molecule has 92 valence electrons. The average molecular weight is 241 g/mol. The fourth-order valence-electron chi connectivity index (χ4n) is 1.71. The second-order valence-corrected chi connectivity index (χ2v) is 3.82. The quantitative estimate of drug-likeness (QED) is 0.599. The minimum Gasteiger partial charge on any atom is -0.484 e. The Hall–Kier alpha value is -1.69. The largest absolute Gasteiger partial charge is 0.484 e. The van der Waals surface area contributed by atoms with E-state index in [0.717, 1.165) is 25.0 Å². The number of rotatable bonds is 4. The Balaban J connectivity index is 2.06. The molecule has 1 atom stereocenters. The third-order valence-corrected chi connectivity index (χ3v) is 2.57. The van der Waals surface area contributed by atoms with Crippen molar-refractivity contribution in [2.75, 3.05) is 13.2 Å². The summed E-state index contributed by atoms with van der Waals surface area (Å²) in [6.07, 6.45) is 1.83. The molecule has 0 amide bonds. The van der Waals surface area contributed by atoms with Crippen molar-refractivity contribution in [2.24, 2.45) is 0 Å². The van der Waals surface area contributed by atoms with Crippen LogP contribution >= 0.6 is 0 Å². The van der Waals surface area contributed by atoms with Gasteiger partial charge in [0.1, 0.15) is 12.4 Å². The van der Waals surface area contributed by atoms with Gasteiger partial charge in [0.05, 0.1) is 17.1 Å². The number of nitro benzene ring substituents is 1. The first-order chi connectivity index (χ1) is 8.16. The highest BCUT2D eigenvalue weighted by Crippen LogP contribution is 2.28. The molecule has 0 spiro atoms. The van der Waals surface area contributed by atoms with Crippen LogP contribution in [0.4, 0.5) is 10.1 Å². The van der Waals surface area contributed by atoms with Gasteiger partial charge in [-0.3, -0.25) is 10.1 Å². The second kappa shape index (κ2) is 5.09. The maximum atomic E-state index is 12.9. The minimum absolute atomic E-state index is 0.0281. The second-order valence-electron chi connectivity index (χ2n) is 3.82. The van der Waals surface area contributed by atoms with Crippen LogP contribution in [0.3, 0.4) is 0 Å². The fourth-order valence-corrected chi connectivity index (χ4v) is 1.71. The summed E-state index contributed by atoms with van der Waals surface area (Å²) in [7, 11) is 0. The maximum absolute atomic E-state index is 12.9. The SMILES string of the molecule is O=[N+]([O-])c1cc(F)ccc1OC[C@H]1CCCO1. The van der Waals surface area contributed by atoms with Gasteiger partial charge in [-0.05, 0) is 25.0 Å². The molecular formula is C11H12FNO4. The van der Waals surface area contributed by atoms with Gasteiger partial charge in [0, 0.05) is 6.61 Å². The van der Waals surface area contributed by atoms with Gasteiger partial charge in [0.2, 0.25) is 0 Å². The van der Waals surface area contributed by atoms with Crippen molar-refractivity contribution in [3.8, 4) is 5.75 Å². The van der Waals surface area contributed by atoms with E-state index in [2.05, 4.69) is 0 Å². The molecule has 0 N–H and O–H groups in total. The molecule has 1 saturated heterocycles. The van der Waals surface area contributed by atoms with E-state index < -0.39 is 10.7 Å². The molecule has 5 nitrogen and oxygen atoms in total. The Morgan fingerprint density at radius 1 is 1.59 bits per heavy atom. The molecule has 0 aliphatic carbocycles. The average Bonchev–Trinajstić information content (AvgIpc) is 2.80. The standard InChI is InChI=1S/C11H12FNO4/c12-8-3-4-11(10(6-8)13(14)15)17-7-9-2-1-5-16-9/h3-4,6,9H,1-2,5,7H2/t9-/m1/s1.